The summed E-state index contributed by atoms with van der Waals surface area (Å²) in [5.41, 5.74) is 0.914. The van der Waals surface area contributed by atoms with Crippen LogP contribution in [0.2, 0.25) is 5.02 Å². The molecular formula is C23H22ClFN2O4S. The molecule has 0 bridgehead atoms. The second-order valence-electron chi connectivity index (χ2n) is 6.91. The third-order valence-corrected chi connectivity index (χ3v) is 7.03. The van der Waals surface area contributed by atoms with Crippen LogP contribution in [0.15, 0.2) is 71.6 Å². The van der Waals surface area contributed by atoms with Crippen LogP contribution >= 0.6 is 11.6 Å². The monoisotopic (exact) mass is 476 g/mol. The Balaban J connectivity index is 1.77. The third kappa shape index (κ3) is 5.20. The van der Waals surface area contributed by atoms with Crippen molar-refractivity contribution in [3.63, 3.8) is 0 Å². The summed E-state index contributed by atoms with van der Waals surface area (Å²) in [5.74, 6) is -0.301. The zero-order chi connectivity index (χ0) is 23.3. The summed E-state index contributed by atoms with van der Waals surface area (Å²) in [5, 5.41) is 2.77. The van der Waals surface area contributed by atoms with E-state index < -0.39 is 15.9 Å². The van der Waals surface area contributed by atoms with Gasteiger partial charge in [0.1, 0.15) is 11.6 Å². The number of hydrogen-bond donors (Lipinski definition) is 1. The summed E-state index contributed by atoms with van der Waals surface area (Å²) in [7, 11) is -1.01. The SMILES string of the molecule is COc1ccc(N(C)S(=O)(=O)c2ccc(Cl)c(C(=O)NCCc3ccccc3F)c2)cc1. The average Bonchev–Trinajstić information content (AvgIpc) is 2.80. The van der Waals surface area contributed by atoms with Crippen molar-refractivity contribution in [3.8, 4) is 5.75 Å². The van der Waals surface area contributed by atoms with Gasteiger partial charge in [-0.05, 0) is 60.5 Å². The number of carbonyl (C=O) groups excluding carboxylic acids is 1. The minimum Gasteiger partial charge on any atom is -0.497 e. The molecule has 0 fully saturated rings. The predicted octanol–water partition coefficient (Wildman–Crippen LogP) is 4.29. The Morgan fingerprint density at radius 1 is 1.09 bits per heavy atom. The number of halogens is 2. The van der Waals surface area contributed by atoms with E-state index in [0.29, 0.717) is 17.0 Å². The minimum atomic E-state index is -3.95. The van der Waals surface area contributed by atoms with Crippen molar-refractivity contribution < 1.29 is 22.3 Å². The molecule has 0 saturated carbocycles. The van der Waals surface area contributed by atoms with E-state index in [-0.39, 0.29) is 34.3 Å². The number of hydrogen-bond acceptors (Lipinski definition) is 4. The quantitative estimate of drug-likeness (QED) is 0.526. The average molecular weight is 477 g/mol. The maximum Gasteiger partial charge on any atom is 0.264 e. The lowest BCUT2D eigenvalue weighted by atomic mass is 10.1. The molecule has 0 heterocycles. The molecule has 0 radical (unpaired) electrons. The Hall–Kier alpha value is -3.10. The highest BCUT2D eigenvalue weighted by atomic mass is 35.5. The number of nitrogens with one attached hydrogen (secondary N) is 1. The number of carbonyl (C=O) groups is 1. The van der Waals surface area contributed by atoms with Gasteiger partial charge in [0.05, 0.1) is 28.3 Å². The molecule has 9 heteroatoms. The van der Waals surface area contributed by atoms with Gasteiger partial charge in [0.2, 0.25) is 0 Å². The van der Waals surface area contributed by atoms with Crippen molar-refractivity contribution in [3.05, 3.63) is 88.7 Å². The van der Waals surface area contributed by atoms with Crippen LogP contribution in [0, 0.1) is 5.82 Å². The normalized spacial score (nSPS) is 11.1. The predicted molar refractivity (Wildman–Crippen MR) is 122 cm³/mol. The Morgan fingerprint density at radius 3 is 2.44 bits per heavy atom. The van der Waals surface area contributed by atoms with Gasteiger partial charge in [-0.1, -0.05) is 29.8 Å². The first-order chi connectivity index (χ1) is 15.2. The van der Waals surface area contributed by atoms with E-state index in [0.717, 1.165) is 4.31 Å². The number of benzene rings is 3. The fourth-order valence-electron chi connectivity index (χ4n) is 3.03. The first kappa shape index (κ1) is 23.6. The van der Waals surface area contributed by atoms with E-state index in [1.165, 1.54) is 38.4 Å². The molecule has 0 unspecified atom stereocenters. The van der Waals surface area contributed by atoms with Crippen molar-refractivity contribution in [1.82, 2.24) is 5.32 Å². The molecule has 0 aliphatic rings. The zero-order valence-corrected chi connectivity index (χ0v) is 19.1. The molecule has 0 spiro atoms. The second-order valence-corrected chi connectivity index (χ2v) is 9.29. The van der Waals surface area contributed by atoms with E-state index in [2.05, 4.69) is 5.32 Å². The van der Waals surface area contributed by atoms with Gasteiger partial charge in [0.25, 0.3) is 15.9 Å². The van der Waals surface area contributed by atoms with E-state index >= 15 is 0 Å². The minimum absolute atomic E-state index is 0.0180. The molecule has 32 heavy (non-hydrogen) atoms. The molecule has 0 saturated heterocycles. The third-order valence-electron chi connectivity index (χ3n) is 4.91. The van der Waals surface area contributed by atoms with Crippen LogP contribution in [-0.4, -0.2) is 35.0 Å². The first-order valence-electron chi connectivity index (χ1n) is 9.68. The van der Waals surface area contributed by atoms with Crippen LogP contribution in [-0.2, 0) is 16.4 Å². The van der Waals surface area contributed by atoms with Gasteiger partial charge in [-0.25, -0.2) is 12.8 Å². The standard InChI is InChI=1S/C23H22ClFN2O4S/c1-27(17-7-9-18(31-2)10-8-17)32(29,30)19-11-12-21(24)20(15-19)23(28)26-14-13-16-5-3-4-6-22(16)25/h3-12,15H,13-14H2,1-2H3,(H,26,28). The number of nitrogens with zero attached hydrogens (tertiary/aromatic N) is 1. The first-order valence-corrected chi connectivity index (χ1v) is 11.5. The van der Waals surface area contributed by atoms with Crippen LogP contribution in [0.4, 0.5) is 10.1 Å². The van der Waals surface area contributed by atoms with Gasteiger partial charge in [-0.2, -0.15) is 0 Å². The number of methoxy groups -OCH3 is 1. The number of amides is 1. The van der Waals surface area contributed by atoms with Crippen molar-refractivity contribution in [2.75, 3.05) is 25.0 Å². The van der Waals surface area contributed by atoms with E-state index in [1.807, 2.05) is 0 Å². The Kier molecular flexibility index (Phi) is 7.37. The lowest BCUT2D eigenvalue weighted by Crippen LogP contribution is -2.28. The highest BCUT2D eigenvalue weighted by molar-refractivity contribution is 7.92. The van der Waals surface area contributed by atoms with Crippen LogP contribution in [0.25, 0.3) is 0 Å². The summed E-state index contributed by atoms with van der Waals surface area (Å²) in [6.45, 7) is 0.166. The van der Waals surface area contributed by atoms with Gasteiger partial charge in [0.15, 0.2) is 0 Å². The van der Waals surface area contributed by atoms with Crippen molar-refractivity contribution >= 4 is 33.2 Å². The van der Waals surface area contributed by atoms with Crippen molar-refractivity contribution in [2.45, 2.75) is 11.3 Å². The summed E-state index contributed by atoms with van der Waals surface area (Å²) in [4.78, 5) is 12.5. The fraction of sp³-hybridized carbons (Fsp3) is 0.174. The van der Waals surface area contributed by atoms with Crippen LogP contribution < -0.4 is 14.4 Å². The smallest absolute Gasteiger partial charge is 0.264 e. The molecule has 0 atom stereocenters. The van der Waals surface area contributed by atoms with Gasteiger partial charge in [-0.3, -0.25) is 9.10 Å². The Bertz CT molecular complexity index is 1220. The zero-order valence-electron chi connectivity index (χ0n) is 17.5. The fourth-order valence-corrected chi connectivity index (χ4v) is 4.46. The molecule has 6 nitrogen and oxygen atoms in total. The molecule has 3 aromatic rings. The molecule has 0 aromatic heterocycles. The van der Waals surface area contributed by atoms with Crippen LogP contribution in [0.3, 0.4) is 0 Å². The molecular weight excluding hydrogens is 455 g/mol. The molecule has 3 rings (SSSR count). The van der Waals surface area contributed by atoms with Gasteiger partial charge < -0.3 is 10.1 Å². The van der Waals surface area contributed by atoms with E-state index in [9.17, 15) is 17.6 Å². The molecule has 1 N–H and O–H groups in total. The molecule has 1 amide bonds. The largest absolute Gasteiger partial charge is 0.497 e. The number of anilines is 1. The maximum absolute atomic E-state index is 13.7. The second kappa shape index (κ2) is 10.0. The van der Waals surface area contributed by atoms with Gasteiger partial charge in [-0.15, -0.1) is 0 Å². The lowest BCUT2D eigenvalue weighted by molar-refractivity contribution is 0.0954. The Morgan fingerprint density at radius 2 is 1.78 bits per heavy atom. The molecule has 0 aliphatic carbocycles. The lowest BCUT2D eigenvalue weighted by Gasteiger charge is -2.20. The molecule has 3 aromatic carbocycles. The van der Waals surface area contributed by atoms with Crippen LogP contribution in [0.5, 0.6) is 5.75 Å². The van der Waals surface area contributed by atoms with Gasteiger partial charge in [0, 0.05) is 13.6 Å². The maximum atomic E-state index is 13.7. The summed E-state index contributed by atoms with van der Waals surface area (Å²) in [6.07, 6.45) is 0.286. The Labute approximate surface area is 191 Å². The van der Waals surface area contributed by atoms with Crippen molar-refractivity contribution in [2.24, 2.45) is 0 Å². The van der Waals surface area contributed by atoms with Gasteiger partial charge >= 0.3 is 0 Å². The highest BCUT2D eigenvalue weighted by Crippen LogP contribution is 2.27. The number of ether oxygens (including phenoxy) is 1. The highest BCUT2D eigenvalue weighted by Gasteiger charge is 2.24. The summed E-state index contributed by atoms with van der Waals surface area (Å²) >= 11 is 6.15. The molecule has 0 aliphatic heterocycles. The number of rotatable bonds is 8. The summed E-state index contributed by atoms with van der Waals surface area (Å²) in [6, 6.07) is 16.8. The topological polar surface area (TPSA) is 75.7 Å². The van der Waals surface area contributed by atoms with E-state index in [4.69, 9.17) is 16.3 Å². The number of sulfonamides is 1. The van der Waals surface area contributed by atoms with E-state index in [1.54, 1.807) is 42.5 Å². The molecule has 168 valence electrons. The van der Waals surface area contributed by atoms with Crippen molar-refractivity contribution in [1.29, 1.82) is 0 Å². The summed E-state index contributed by atoms with van der Waals surface area (Å²) < 4.78 is 46.1. The van der Waals surface area contributed by atoms with Crippen LogP contribution in [0.1, 0.15) is 15.9 Å².